The van der Waals surface area contributed by atoms with Crippen LogP contribution in [0, 0.1) is 11.3 Å². The van der Waals surface area contributed by atoms with Crippen LogP contribution in [0.15, 0.2) is 0 Å². The predicted molar refractivity (Wildman–Crippen MR) is 103 cm³/mol. The van der Waals surface area contributed by atoms with E-state index < -0.39 is 39.9 Å². The second-order valence-electron chi connectivity index (χ2n) is 6.70. The number of hydrogen-bond acceptors (Lipinski definition) is 9. The quantitative estimate of drug-likeness (QED) is 0.245. The molecule has 0 saturated carbocycles. The molecule has 164 valence electrons. The number of nitrogens with zero attached hydrogens (tertiary/aromatic N) is 1. The maximum Gasteiger partial charge on any atom is 0.333 e. The van der Waals surface area contributed by atoms with Gasteiger partial charge in [0.05, 0.1) is 53.7 Å². The Morgan fingerprint density at radius 1 is 1.17 bits per heavy atom. The molecular formula is C19H30NO8P. The van der Waals surface area contributed by atoms with Gasteiger partial charge in [0, 0.05) is 25.8 Å². The van der Waals surface area contributed by atoms with Crippen LogP contribution in [0.1, 0.15) is 55.1 Å². The van der Waals surface area contributed by atoms with Crippen molar-refractivity contribution in [2.45, 2.75) is 76.8 Å². The molecule has 2 fully saturated rings. The highest BCUT2D eigenvalue weighted by molar-refractivity contribution is 7.41. The Balaban J connectivity index is 1.90. The number of hydrogen-bond donors (Lipinski definition) is 0. The summed E-state index contributed by atoms with van der Waals surface area (Å²) in [5.74, 6) is -0.631. The molecule has 2 saturated heterocycles. The van der Waals surface area contributed by atoms with Crippen molar-refractivity contribution in [2.75, 3.05) is 26.4 Å². The van der Waals surface area contributed by atoms with Crippen molar-refractivity contribution in [3.8, 4) is 6.07 Å². The summed E-state index contributed by atoms with van der Waals surface area (Å²) in [4.78, 5) is 23.0. The van der Waals surface area contributed by atoms with Crippen LogP contribution in [0.5, 0.6) is 0 Å². The summed E-state index contributed by atoms with van der Waals surface area (Å²) in [6.45, 7) is 1.89. The highest BCUT2D eigenvalue weighted by atomic mass is 31.2. The number of ether oxygens (including phenoxy) is 3. The molecule has 2 rings (SSSR count). The van der Waals surface area contributed by atoms with E-state index in [-0.39, 0.29) is 56.9 Å². The van der Waals surface area contributed by atoms with E-state index in [1.54, 1.807) is 0 Å². The maximum absolute atomic E-state index is 12.0. The van der Waals surface area contributed by atoms with Crippen molar-refractivity contribution in [1.29, 1.82) is 5.26 Å². The van der Waals surface area contributed by atoms with Gasteiger partial charge in [-0.1, -0.05) is 6.92 Å². The van der Waals surface area contributed by atoms with Crippen molar-refractivity contribution in [1.82, 2.24) is 0 Å². The van der Waals surface area contributed by atoms with Crippen molar-refractivity contribution < 1.29 is 40.1 Å². The molecule has 0 aromatic heterocycles. The van der Waals surface area contributed by atoms with Gasteiger partial charge in [0.1, 0.15) is 18.0 Å². The summed E-state index contributed by atoms with van der Waals surface area (Å²) in [5, 5.41) is 8.75. The van der Waals surface area contributed by atoms with Gasteiger partial charge in [0.15, 0.2) is 0 Å². The summed E-state index contributed by atoms with van der Waals surface area (Å²) in [6.07, 6.45) is -0.471. The van der Waals surface area contributed by atoms with E-state index in [0.717, 1.165) is 0 Å². The number of rotatable bonds is 13. The molecule has 0 spiro atoms. The van der Waals surface area contributed by atoms with Crippen LogP contribution in [-0.4, -0.2) is 62.5 Å². The Bertz CT molecular complexity index is 637. The summed E-state index contributed by atoms with van der Waals surface area (Å²) < 4.78 is 49.2. The summed E-state index contributed by atoms with van der Waals surface area (Å²) >= 11 is 0. The van der Waals surface area contributed by atoms with Crippen LogP contribution in [0.3, 0.4) is 0 Å². The molecule has 2 heterocycles. The lowest BCUT2D eigenvalue weighted by Crippen LogP contribution is -2.31. The lowest BCUT2D eigenvalue weighted by molar-refractivity contribution is -0.153. The molecule has 3 unspecified atom stereocenters. The Labute approximate surface area is 175 Å². The topological polar surface area (TPSA) is 113 Å². The normalized spacial score (nSPS) is 33.6. The molecule has 0 bridgehead atoms. The molecule has 0 aromatic carbocycles. The monoisotopic (exact) mass is 435 g/mol. The van der Waals surface area contributed by atoms with Gasteiger partial charge in [0.25, 0.3) is 0 Å². The third-order valence-corrected chi connectivity index (χ3v) is 5.57. The molecule has 29 heavy (non-hydrogen) atoms. The zero-order valence-corrected chi connectivity index (χ0v) is 17.7. The third kappa shape index (κ3) is 8.63. The Morgan fingerprint density at radius 3 is 2.59 bits per heavy atom. The van der Waals surface area contributed by atoms with E-state index >= 15 is 0 Å². The molecule has 2 aliphatic heterocycles. The van der Waals surface area contributed by atoms with E-state index in [4.69, 9.17) is 35.8 Å². The minimum atomic E-state index is -1.86. The summed E-state index contributed by atoms with van der Waals surface area (Å²) in [6, 6.07) is 1.98. The Morgan fingerprint density at radius 2 is 1.90 bits per heavy atom. The molecule has 0 N–H and O–H groups in total. The van der Waals surface area contributed by atoms with Crippen molar-refractivity contribution in [3.05, 3.63) is 0 Å². The van der Waals surface area contributed by atoms with Crippen molar-refractivity contribution in [3.63, 3.8) is 0 Å². The number of ketones is 1. The fraction of sp³-hybridized carbons (Fsp3) is 0.842. The average Bonchev–Trinajstić information content (AvgIpc) is 3.25. The van der Waals surface area contributed by atoms with Crippen molar-refractivity contribution >= 4 is 20.4 Å². The molecule has 10 heteroatoms. The minimum absolute atomic E-state index is 0.0243. The standard InChI is InChI=1S/C19H30NO8P/c1-3-15-17(8-12-23-15)28-29(25-10-4-9-20)26-13-18-16(7-11-24-18)27-19(22)6-5-14(2)21/h15-18H,3-8,10-13H2,1-2H3/t15-,16-,17-,18-,29?/m1/s1/i11T,12T/t11?,12?,15-,16-,17-,18-,29?. The fourth-order valence-electron chi connectivity index (χ4n) is 2.78. The largest absolute Gasteiger partial charge is 0.459 e. The highest BCUT2D eigenvalue weighted by Gasteiger charge is 2.35. The highest BCUT2D eigenvalue weighted by Crippen LogP contribution is 2.44. The van der Waals surface area contributed by atoms with E-state index in [1.807, 2.05) is 13.0 Å². The van der Waals surface area contributed by atoms with E-state index in [0.29, 0.717) is 12.8 Å². The SMILES string of the molecule is [3H]C1C[C@@H](OC(=O)CCC(C)=O)[C@@H](COP(OCCC#N)O[C@@H]2CC([3H])O[C@@H]2CC)O1. The first-order chi connectivity index (χ1) is 14.8. The second-order valence-corrected chi connectivity index (χ2v) is 7.87. The van der Waals surface area contributed by atoms with E-state index in [1.165, 1.54) is 6.92 Å². The molecule has 0 aromatic rings. The Hall–Kier alpha value is -1.14. The first-order valence-electron chi connectivity index (χ1n) is 10.9. The first-order valence-corrected chi connectivity index (χ1v) is 10.9. The smallest absolute Gasteiger partial charge is 0.333 e. The first kappa shape index (κ1) is 21.1. The van der Waals surface area contributed by atoms with Gasteiger partial charge in [-0.25, -0.2) is 0 Å². The van der Waals surface area contributed by atoms with Crippen LogP contribution < -0.4 is 0 Å². The third-order valence-electron chi connectivity index (χ3n) is 4.37. The molecular weight excluding hydrogens is 401 g/mol. The molecule has 0 amide bonds. The summed E-state index contributed by atoms with van der Waals surface area (Å²) in [5.41, 5.74) is 0. The van der Waals surface area contributed by atoms with Crippen LogP contribution in [0.2, 0.25) is 0 Å². The minimum Gasteiger partial charge on any atom is -0.459 e. The van der Waals surface area contributed by atoms with Crippen LogP contribution in [0.4, 0.5) is 0 Å². The van der Waals surface area contributed by atoms with Crippen molar-refractivity contribution in [2.24, 2.45) is 0 Å². The maximum atomic E-state index is 12.0. The van der Waals surface area contributed by atoms with Crippen LogP contribution >= 0.6 is 8.60 Å². The molecule has 0 aliphatic carbocycles. The van der Waals surface area contributed by atoms with Gasteiger partial charge in [-0.2, -0.15) is 5.26 Å². The molecule has 2 aliphatic rings. The zero-order valence-electron chi connectivity index (χ0n) is 18.8. The van der Waals surface area contributed by atoms with Crippen LogP contribution in [0.25, 0.3) is 0 Å². The van der Waals surface area contributed by atoms with Gasteiger partial charge >= 0.3 is 14.6 Å². The zero-order chi connectivity index (χ0) is 22.8. The number of esters is 1. The van der Waals surface area contributed by atoms with E-state index in [2.05, 4.69) is 0 Å². The number of carbonyl (C=O) groups excluding carboxylic acids is 2. The Kier molecular flexibility index (Phi) is 9.62. The predicted octanol–water partition coefficient (Wildman–Crippen LogP) is 2.81. The molecule has 9 nitrogen and oxygen atoms in total. The molecule has 7 atom stereocenters. The lowest BCUT2D eigenvalue weighted by atomic mass is 10.1. The van der Waals surface area contributed by atoms with Gasteiger partial charge in [-0.15, -0.1) is 0 Å². The fourth-order valence-corrected chi connectivity index (χ4v) is 3.93. The number of Topliss-reactive ketones (excluding diaryl/α,β-unsaturated/α-hetero) is 1. The lowest BCUT2D eigenvalue weighted by Gasteiger charge is -2.25. The van der Waals surface area contributed by atoms with Gasteiger partial charge in [-0.05, 0) is 13.3 Å². The van der Waals surface area contributed by atoms with E-state index in [9.17, 15) is 9.59 Å². The van der Waals surface area contributed by atoms with Gasteiger partial charge in [-0.3, -0.25) is 4.79 Å². The van der Waals surface area contributed by atoms with Gasteiger partial charge < -0.3 is 32.6 Å². The second kappa shape index (κ2) is 13.2. The number of nitriles is 1. The average molecular weight is 435 g/mol. The molecule has 0 radical (unpaired) electrons. The number of carbonyl (C=O) groups is 2. The summed E-state index contributed by atoms with van der Waals surface area (Å²) in [7, 11) is -1.86. The van der Waals surface area contributed by atoms with Gasteiger partial charge in [0.2, 0.25) is 0 Å². The van der Waals surface area contributed by atoms with Crippen LogP contribution in [-0.2, 0) is 37.4 Å².